The zero-order chi connectivity index (χ0) is 11.3. The van der Waals surface area contributed by atoms with E-state index in [-0.39, 0.29) is 12.5 Å². The van der Waals surface area contributed by atoms with E-state index in [1.54, 1.807) is 4.90 Å². The molecule has 0 amide bonds. The van der Waals surface area contributed by atoms with E-state index in [1.807, 2.05) is 0 Å². The molecule has 0 aromatic carbocycles. The molecule has 1 aliphatic heterocycles. The van der Waals surface area contributed by atoms with Gasteiger partial charge in [0.1, 0.15) is 0 Å². The Balaban J connectivity index is 2.42. The molecule has 0 N–H and O–H groups in total. The largest absolute Gasteiger partial charge is 0.468 e. The highest BCUT2D eigenvalue weighted by atomic mass is 16.6. The first-order valence-electron chi connectivity index (χ1n) is 4.66. The fourth-order valence-electron chi connectivity index (χ4n) is 1.37. The molecule has 1 saturated heterocycles. The first-order valence-corrected chi connectivity index (χ1v) is 4.66. The predicted octanol–water partition coefficient (Wildman–Crippen LogP) is -0.967. The van der Waals surface area contributed by atoms with E-state index < -0.39 is 12.1 Å². The van der Waals surface area contributed by atoms with E-state index >= 15 is 0 Å². The van der Waals surface area contributed by atoms with E-state index in [2.05, 4.69) is 9.47 Å². The molecule has 1 atom stereocenters. The van der Waals surface area contributed by atoms with Gasteiger partial charge in [-0.3, -0.25) is 9.69 Å². The molecular weight excluding hydrogens is 202 g/mol. The molecule has 0 aromatic rings. The van der Waals surface area contributed by atoms with E-state index in [0.717, 1.165) is 0 Å². The van der Waals surface area contributed by atoms with Crippen molar-refractivity contribution >= 4 is 11.9 Å². The number of carbonyl (C=O) groups is 2. The van der Waals surface area contributed by atoms with Crippen LogP contribution in [0.4, 0.5) is 0 Å². The van der Waals surface area contributed by atoms with Crippen LogP contribution in [-0.4, -0.2) is 63.4 Å². The van der Waals surface area contributed by atoms with Crippen molar-refractivity contribution in [1.29, 1.82) is 0 Å². The third-order valence-electron chi connectivity index (χ3n) is 2.20. The van der Waals surface area contributed by atoms with Crippen molar-refractivity contribution < 1.29 is 23.8 Å². The average Bonchev–Trinajstić information content (AvgIpc) is 2.28. The topological polar surface area (TPSA) is 65.1 Å². The molecule has 1 rings (SSSR count). The van der Waals surface area contributed by atoms with Crippen molar-refractivity contribution in [3.63, 3.8) is 0 Å². The van der Waals surface area contributed by atoms with Gasteiger partial charge in [0, 0.05) is 13.1 Å². The van der Waals surface area contributed by atoms with Gasteiger partial charge in [-0.2, -0.15) is 0 Å². The number of esters is 2. The van der Waals surface area contributed by atoms with Crippen molar-refractivity contribution in [3.05, 3.63) is 0 Å². The number of rotatable bonds is 3. The lowest BCUT2D eigenvalue weighted by atomic mass is 10.2. The van der Waals surface area contributed by atoms with Gasteiger partial charge in [0.05, 0.1) is 27.4 Å². The summed E-state index contributed by atoms with van der Waals surface area (Å²) < 4.78 is 14.3. The molecule has 1 heterocycles. The zero-order valence-electron chi connectivity index (χ0n) is 8.89. The fourth-order valence-corrected chi connectivity index (χ4v) is 1.37. The van der Waals surface area contributed by atoms with Gasteiger partial charge in [-0.1, -0.05) is 0 Å². The van der Waals surface area contributed by atoms with Gasteiger partial charge in [-0.25, -0.2) is 4.79 Å². The number of carbonyl (C=O) groups excluding carboxylic acids is 2. The highest BCUT2D eigenvalue weighted by Crippen LogP contribution is 2.06. The molecule has 0 saturated carbocycles. The molecule has 15 heavy (non-hydrogen) atoms. The number of ether oxygens (including phenoxy) is 3. The molecule has 0 aromatic heterocycles. The van der Waals surface area contributed by atoms with E-state index in [9.17, 15) is 9.59 Å². The maximum absolute atomic E-state index is 11.2. The molecular formula is C9H15NO5. The van der Waals surface area contributed by atoms with Crippen LogP contribution in [0.5, 0.6) is 0 Å². The summed E-state index contributed by atoms with van der Waals surface area (Å²) in [7, 11) is 2.64. The van der Waals surface area contributed by atoms with Crippen LogP contribution in [0.25, 0.3) is 0 Å². The minimum atomic E-state index is -0.603. The molecule has 6 heteroatoms. The fraction of sp³-hybridized carbons (Fsp3) is 0.778. The third-order valence-corrected chi connectivity index (χ3v) is 2.20. The van der Waals surface area contributed by atoms with Gasteiger partial charge in [0.2, 0.25) is 0 Å². The summed E-state index contributed by atoms with van der Waals surface area (Å²) in [6.07, 6.45) is -0.603. The monoisotopic (exact) mass is 217 g/mol. The van der Waals surface area contributed by atoms with Crippen LogP contribution in [0.1, 0.15) is 0 Å². The molecule has 0 radical (unpaired) electrons. The van der Waals surface area contributed by atoms with Crippen LogP contribution >= 0.6 is 0 Å². The zero-order valence-corrected chi connectivity index (χ0v) is 8.89. The minimum Gasteiger partial charge on any atom is -0.468 e. The summed E-state index contributed by atoms with van der Waals surface area (Å²) in [6.45, 7) is 1.56. The van der Waals surface area contributed by atoms with Gasteiger partial charge in [-0.15, -0.1) is 0 Å². The second-order valence-corrected chi connectivity index (χ2v) is 3.19. The SMILES string of the molecule is COC(=O)CN1CCOC(C(=O)OC)C1. The van der Waals surface area contributed by atoms with Crippen molar-refractivity contribution in [3.8, 4) is 0 Å². The number of hydrogen-bond donors (Lipinski definition) is 0. The van der Waals surface area contributed by atoms with Crippen LogP contribution in [-0.2, 0) is 23.8 Å². The van der Waals surface area contributed by atoms with E-state index in [4.69, 9.17) is 4.74 Å². The predicted molar refractivity (Wildman–Crippen MR) is 50.2 cm³/mol. The molecule has 1 unspecified atom stereocenters. The van der Waals surface area contributed by atoms with Gasteiger partial charge < -0.3 is 14.2 Å². The van der Waals surface area contributed by atoms with Crippen molar-refractivity contribution in [2.75, 3.05) is 40.5 Å². The summed E-state index contributed by atoms with van der Waals surface area (Å²) in [5.41, 5.74) is 0. The Morgan fingerprint density at radius 1 is 1.40 bits per heavy atom. The summed E-state index contributed by atoms with van der Waals surface area (Å²) in [4.78, 5) is 24.0. The Hall–Kier alpha value is -1.14. The standard InChI is InChI=1S/C9H15NO5/c1-13-8(11)6-10-3-4-15-7(5-10)9(12)14-2/h7H,3-6H2,1-2H3. The Morgan fingerprint density at radius 2 is 2.13 bits per heavy atom. The number of nitrogens with zero attached hydrogens (tertiary/aromatic N) is 1. The maximum Gasteiger partial charge on any atom is 0.336 e. The first-order chi connectivity index (χ1) is 7.17. The summed E-state index contributed by atoms with van der Waals surface area (Å²) in [5, 5.41) is 0. The van der Waals surface area contributed by atoms with E-state index in [0.29, 0.717) is 19.7 Å². The smallest absolute Gasteiger partial charge is 0.336 e. The quantitative estimate of drug-likeness (QED) is 0.567. The first kappa shape index (κ1) is 11.9. The second kappa shape index (κ2) is 5.67. The highest BCUT2D eigenvalue weighted by Gasteiger charge is 2.28. The van der Waals surface area contributed by atoms with Gasteiger partial charge in [-0.05, 0) is 0 Å². The number of hydrogen-bond acceptors (Lipinski definition) is 6. The molecule has 1 fully saturated rings. The molecule has 0 spiro atoms. The van der Waals surface area contributed by atoms with Crippen LogP contribution in [0, 0.1) is 0 Å². The Kier molecular flexibility index (Phi) is 4.51. The summed E-state index contributed by atoms with van der Waals surface area (Å²) in [6, 6.07) is 0. The van der Waals surface area contributed by atoms with E-state index in [1.165, 1.54) is 14.2 Å². The highest BCUT2D eigenvalue weighted by molar-refractivity contribution is 5.75. The number of morpholine rings is 1. The van der Waals surface area contributed by atoms with Gasteiger partial charge >= 0.3 is 11.9 Å². The molecule has 86 valence electrons. The average molecular weight is 217 g/mol. The lowest BCUT2D eigenvalue weighted by Gasteiger charge is -2.30. The molecule has 1 aliphatic rings. The van der Waals surface area contributed by atoms with Crippen LogP contribution in [0.15, 0.2) is 0 Å². The second-order valence-electron chi connectivity index (χ2n) is 3.19. The van der Waals surface area contributed by atoms with Crippen molar-refractivity contribution in [1.82, 2.24) is 4.90 Å². The summed E-state index contributed by atoms with van der Waals surface area (Å²) in [5.74, 6) is -0.731. The normalized spacial score (nSPS) is 22.1. The third kappa shape index (κ3) is 3.49. The molecule has 0 bridgehead atoms. The van der Waals surface area contributed by atoms with Crippen LogP contribution in [0.3, 0.4) is 0 Å². The van der Waals surface area contributed by atoms with Crippen molar-refractivity contribution in [2.24, 2.45) is 0 Å². The van der Waals surface area contributed by atoms with Gasteiger partial charge in [0.25, 0.3) is 0 Å². The minimum absolute atomic E-state index is 0.174. The Morgan fingerprint density at radius 3 is 2.73 bits per heavy atom. The maximum atomic E-state index is 11.2. The van der Waals surface area contributed by atoms with Crippen molar-refractivity contribution in [2.45, 2.75) is 6.10 Å². The lowest BCUT2D eigenvalue weighted by molar-refractivity contribution is -0.162. The molecule has 0 aliphatic carbocycles. The molecule has 6 nitrogen and oxygen atoms in total. The summed E-state index contributed by atoms with van der Waals surface area (Å²) >= 11 is 0. The Bertz CT molecular complexity index is 243. The number of methoxy groups -OCH3 is 2. The Labute approximate surface area is 88.1 Å². The van der Waals surface area contributed by atoms with Gasteiger partial charge in [0.15, 0.2) is 6.10 Å². The lowest BCUT2D eigenvalue weighted by Crippen LogP contribution is -2.48. The van der Waals surface area contributed by atoms with Crippen LogP contribution < -0.4 is 0 Å². The van der Waals surface area contributed by atoms with Crippen LogP contribution in [0.2, 0.25) is 0 Å².